The summed E-state index contributed by atoms with van der Waals surface area (Å²) >= 11 is 0. The Bertz CT molecular complexity index is 943. The van der Waals surface area contributed by atoms with Crippen LogP contribution >= 0.6 is 0 Å². The van der Waals surface area contributed by atoms with Gasteiger partial charge in [-0.2, -0.15) is 5.26 Å². The highest BCUT2D eigenvalue weighted by molar-refractivity contribution is 5.90. The van der Waals surface area contributed by atoms with Gasteiger partial charge in [0.15, 0.2) is 0 Å². The van der Waals surface area contributed by atoms with E-state index in [1.807, 2.05) is 18.3 Å². The van der Waals surface area contributed by atoms with E-state index >= 15 is 0 Å². The fourth-order valence-electron chi connectivity index (χ4n) is 2.43. The SMILES string of the molecule is CCCCc1ccc(-c2ccc(C(=O)Oc3ccc(C#N)cn3)cn2)nc1. The first-order valence-corrected chi connectivity index (χ1v) is 8.69. The van der Waals surface area contributed by atoms with Gasteiger partial charge in [0, 0.05) is 24.7 Å². The van der Waals surface area contributed by atoms with Crippen molar-refractivity contribution in [3.05, 3.63) is 71.7 Å². The third-order valence-corrected chi connectivity index (χ3v) is 3.97. The Morgan fingerprint density at radius 1 is 1.00 bits per heavy atom. The Labute approximate surface area is 157 Å². The van der Waals surface area contributed by atoms with Crippen LogP contribution in [0.1, 0.15) is 41.3 Å². The van der Waals surface area contributed by atoms with Crippen molar-refractivity contribution in [2.45, 2.75) is 26.2 Å². The second-order valence-electron chi connectivity index (χ2n) is 5.97. The minimum atomic E-state index is -0.561. The molecule has 0 aromatic carbocycles. The normalized spacial score (nSPS) is 10.2. The van der Waals surface area contributed by atoms with Crippen LogP contribution in [-0.2, 0) is 6.42 Å². The molecule has 6 nitrogen and oxygen atoms in total. The molecule has 3 heterocycles. The molecule has 0 aliphatic rings. The molecule has 3 aromatic heterocycles. The van der Waals surface area contributed by atoms with E-state index in [0.717, 1.165) is 25.0 Å². The average molecular weight is 358 g/mol. The predicted molar refractivity (Wildman–Crippen MR) is 100.0 cm³/mol. The Hall–Kier alpha value is -3.59. The van der Waals surface area contributed by atoms with Gasteiger partial charge in [-0.3, -0.25) is 9.97 Å². The van der Waals surface area contributed by atoms with Crippen LogP contribution in [0.25, 0.3) is 11.4 Å². The van der Waals surface area contributed by atoms with Crippen LogP contribution in [0, 0.1) is 11.3 Å². The number of aryl methyl sites for hydroxylation is 1. The van der Waals surface area contributed by atoms with Crippen molar-refractivity contribution in [1.82, 2.24) is 15.0 Å². The molecule has 0 aliphatic carbocycles. The van der Waals surface area contributed by atoms with Crippen molar-refractivity contribution in [2.75, 3.05) is 0 Å². The third-order valence-electron chi connectivity index (χ3n) is 3.97. The molecule has 0 spiro atoms. The van der Waals surface area contributed by atoms with E-state index in [1.54, 1.807) is 12.1 Å². The van der Waals surface area contributed by atoms with Crippen molar-refractivity contribution >= 4 is 5.97 Å². The van der Waals surface area contributed by atoms with Gasteiger partial charge in [0.05, 0.1) is 22.5 Å². The highest BCUT2D eigenvalue weighted by Crippen LogP contribution is 2.17. The molecule has 3 rings (SSSR count). The molecule has 0 radical (unpaired) electrons. The molecule has 0 saturated carbocycles. The van der Waals surface area contributed by atoms with Gasteiger partial charge < -0.3 is 4.74 Å². The highest BCUT2D eigenvalue weighted by atomic mass is 16.5. The number of unbranched alkanes of at least 4 members (excludes halogenated alkanes) is 1. The second kappa shape index (κ2) is 8.68. The first-order chi connectivity index (χ1) is 13.2. The summed E-state index contributed by atoms with van der Waals surface area (Å²) < 4.78 is 5.18. The molecule has 27 heavy (non-hydrogen) atoms. The van der Waals surface area contributed by atoms with E-state index in [4.69, 9.17) is 10.00 Å². The maximum Gasteiger partial charge on any atom is 0.346 e. The maximum atomic E-state index is 12.2. The van der Waals surface area contributed by atoms with E-state index in [2.05, 4.69) is 27.9 Å². The summed E-state index contributed by atoms with van der Waals surface area (Å²) in [6, 6.07) is 12.3. The minimum Gasteiger partial charge on any atom is -0.404 e. The highest BCUT2D eigenvalue weighted by Gasteiger charge is 2.11. The number of aromatic nitrogens is 3. The lowest BCUT2D eigenvalue weighted by atomic mass is 10.1. The van der Waals surface area contributed by atoms with Crippen molar-refractivity contribution in [3.63, 3.8) is 0 Å². The number of pyridine rings is 3. The van der Waals surface area contributed by atoms with Crippen molar-refractivity contribution in [1.29, 1.82) is 5.26 Å². The number of hydrogen-bond acceptors (Lipinski definition) is 6. The molecule has 0 fully saturated rings. The van der Waals surface area contributed by atoms with E-state index in [1.165, 1.54) is 30.1 Å². The van der Waals surface area contributed by atoms with Gasteiger partial charge in [-0.05, 0) is 42.7 Å². The fraction of sp³-hybridized carbons (Fsp3) is 0.190. The third kappa shape index (κ3) is 4.73. The predicted octanol–water partition coefficient (Wildman–Crippen LogP) is 3.97. The zero-order chi connectivity index (χ0) is 19.1. The van der Waals surface area contributed by atoms with Gasteiger partial charge in [0.2, 0.25) is 5.88 Å². The van der Waals surface area contributed by atoms with Crippen LogP contribution in [-0.4, -0.2) is 20.9 Å². The van der Waals surface area contributed by atoms with Crippen molar-refractivity contribution < 1.29 is 9.53 Å². The largest absolute Gasteiger partial charge is 0.404 e. The molecule has 0 aliphatic heterocycles. The molecule has 134 valence electrons. The summed E-state index contributed by atoms with van der Waals surface area (Å²) in [7, 11) is 0. The number of carbonyl (C=O) groups excluding carboxylic acids is 1. The monoisotopic (exact) mass is 358 g/mol. The summed E-state index contributed by atoms with van der Waals surface area (Å²) in [4.78, 5) is 24.8. The van der Waals surface area contributed by atoms with Crippen molar-refractivity contribution in [3.8, 4) is 23.3 Å². The Kier molecular flexibility index (Phi) is 5.85. The lowest BCUT2D eigenvalue weighted by molar-refractivity contribution is 0.0727. The number of nitriles is 1. The maximum absolute atomic E-state index is 12.2. The van der Waals surface area contributed by atoms with Gasteiger partial charge in [-0.25, -0.2) is 9.78 Å². The minimum absolute atomic E-state index is 0.132. The van der Waals surface area contributed by atoms with Crippen LogP contribution in [0.4, 0.5) is 0 Å². The number of hydrogen-bond donors (Lipinski definition) is 0. The summed E-state index contributed by atoms with van der Waals surface area (Å²) in [6.45, 7) is 2.16. The second-order valence-corrected chi connectivity index (χ2v) is 5.97. The van der Waals surface area contributed by atoms with Gasteiger partial charge >= 0.3 is 5.97 Å². The molecule has 0 saturated heterocycles. The lowest BCUT2D eigenvalue weighted by Crippen LogP contribution is -2.10. The summed E-state index contributed by atoms with van der Waals surface area (Å²) in [5, 5.41) is 8.75. The molecular weight excluding hydrogens is 340 g/mol. The molecule has 0 atom stereocenters. The van der Waals surface area contributed by atoms with Crippen molar-refractivity contribution in [2.24, 2.45) is 0 Å². The molecule has 0 bridgehead atoms. The first-order valence-electron chi connectivity index (χ1n) is 8.69. The van der Waals surface area contributed by atoms with Gasteiger partial charge in [0.1, 0.15) is 6.07 Å². The van der Waals surface area contributed by atoms with Gasteiger partial charge in [-0.1, -0.05) is 19.4 Å². The van der Waals surface area contributed by atoms with E-state index < -0.39 is 5.97 Å². The lowest BCUT2D eigenvalue weighted by Gasteiger charge is -2.05. The van der Waals surface area contributed by atoms with Gasteiger partial charge in [0.25, 0.3) is 0 Å². The van der Waals surface area contributed by atoms with E-state index in [-0.39, 0.29) is 5.88 Å². The summed E-state index contributed by atoms with van der Waals surface area (Å²) in [5.74, 6) is -0.429. The molecule has 0 unspecified atom stereocenters. The Morgan fingerprint density at radius 2 is 1.78 bits per heavy atom. The number of esters is 1. The van der Waals surface area contributed by atoms with Crippen LogP contribution in [0.2, 0.25) is 0 Å². The quantitative estimate of drug-likeness (QED) is 0.619. The van der Waals surface area contributed by atoms with E-state index in [9.17, 15) is 4.79 Å². The van der Waals surface area contributed by atoms with Crippen LogP contribution in [0.15, 0.2) is 55.0 Å². The zero-order valence-corrected chi connectivity index (χ0v) is 14.9. The smallest absolute Gasteiger partial charge is 0.346 e. The number of carbonyl (C=O) groups is 1. The summed E-state index contributed by atoms with van der Waals surface area (Å²) in [5.41, 5.74) is 3.35. The average Bonchev–Trinajstić information content (AvgIpc) is 2.73. The van der Waals surface area contributed by atoms with Crippen LogP contribution in [0.3, 0.4) is 0 Å². The zero-order valence-electron chi connectivity index (χ0n) is 14.9. The molecule has 3 aromatic rings. The Morgan fingerprint density at radius 3 is 2.33 bits per heavy atom. The molecule has 6 heteroatoms. The topological polar surface area (TPSA) is 88.8 Å². The standard InChI is InChI=1S/C21H18N4O2/c1-2-3-4-15-5-8-18(23-12-15)19-9-7-17(14-24-19)21(26)27-20-10-6-16(11-22)13-25-20/h5-10,12-14H,2-4H2,1H3. The molecule has 0 amide bonds. The number of rotatable bonds is 6. The number of nitrogens with zero attached hydrogens (tertiary/aromatic N) is 4. The van der Waals surface area contributed by atoms with Crippen LogP contribution < -0.4 is 4.74 Å². The molecular formula is C21H18N4O2. The first kappa shape index (κ1) is 18.2. The Balaban J connectivity index is 1.67. The van der Waals surface area contributed by atoms with Gasteiger partial charge in [-0.15, -0.1) is 0 Å². The molecule has 0 N–H and O–H groups in total. The van der Waals surface area contributed by atoms with Crippen LogP contribution in [0.5, 0.6) is 5.88 Å². The number of ether oxygens (including phenoxy) is 1. The fourth-order valence-corrected chi connectivity index (χ4v) is 2.43. The summed E-state index contributed by atoms with van der Waals surface area (Å²) in [6.07, 6.45) is 7.98. The van der Waals surface area contributed by atoms with E-state index in [0.29, 0.717) is 16.8 Å².